The second-order valence-corrected chi connectivity index (χ2v) is 5.76. The predicted molar refractivity (Wildman–Crippen MR) is 83.0 cm³/mol. The lowest BCUT2D eigenvalue weighted by Gasteiger charge is -2.22. The summed E-state index contributed by atoms with van der Waals surface area (Å²) in [5.74, 6) is 1.12. The first-order chi connectivity index (χ1) is 10.1. The molecule has 0 aliphatic carbocycles. The highest BCUT2D eigenvalue weighted by Crippen LogP contribution is 2.41. The highest BCUT2D eigenvalue weighted by Gasteiger charge is 2.22. The van der Waals surface area contributed by atoms with Gasteiger partial charge in [-0.05, 0) is 12.1 Å². The van der Waals surface area contributed by atoms with Gasteiger partial charge in [0.15, 0.2) is 11.5 Å². The SMILES string of the molecule is OC(c1cc2c(cc1Cl)OCCO2)c1cccc(Cl)c1Cl. The Kier molecular flexibility index (Phi) is 4.18. The molecule has 1 aliphatic heterocycles. The van der Waals surface area contributed by atoms with Gasteiger partial charge >= 0.3 is 0 Å². The number of rotatable bonds is 2. The summed E-state index contributed by atoms with van der Waals surface area (Å²) < 4.78 is 11.0. The van der Waals surface area contributed by atoms with Crippen molar-refractivity contribution < 1.29 is 14.6 Å². The number of halogens is 3. The van der Waals surface area contributed by atoms with Gasteiger partial charge in [0.2, 0.25) is 0 Å². The Morgan fingerprint density at radius 2 is 1.57 bits per heavy atom. The second kappa shape index (κ2) is 5.93. The van der Waals surface area contributed by atoms with Crippen LogP contribution in [0.25, 0.3) is 0 Å². The first-order valence-electron chi connectivity index (χ1n) is 6.29. The summed E-state index contributed by atoms with van der Waals surface area (Å²) in [5, 5.41) is 11.6. The van der Waals surface area contributed by atoms with E-state index < -0.39 is 6.10 Å². The predicted octanol–water partition coefficient (Wildman–Crippen LogP) is 4.50. The molecule has 1 N–H and O–H groups in total. The average Bonchev–Trinajstić information content (AvgIpc) is 2.48. The van der Waals surface area contributed by atoms with Crippen molar-refractivity contribution in [3.63, 3.8) is 0 Å². The number of fused-ring (bicyclic) bond motifs is 1. The zero-order valence-electron chi connectivity index (χ0n) is 10.8. The van der Waals surface area contributed by atoms with Gasteiger partial charge in [0.05, 0.1) is 15.1 Å². The van der Waals surface area contributed by atoms with Crippen molar-refractivity contribution in [1.29, 1.82) is 0 Å². The van der Waals surface area contributed by atoms with Gasteiger partial charge in [-0.1, -0.05) is 46.9 Å². The van der Waals surface area contributed by atoms with E-state index in [0.29, 0.717) is 50.9 Å². The van der Waals surface area contributed by atoms with Crippen LogP contribution in [0.3, 0.4) is 0 Å². The number of ether oxygens (including phenoxy) is 2. The minimum absolute atomic E-state index is 0.303. The molecular weight excluding hydrogens is 335 g/mol. The van der Waals surface area contributed by atoms with E-state index in [1.165, 1.54) is 0 Å². The zero-order valence-corrected chi connectivity index (χ0v) is 13.0. The molecule has 1 heterocycles. The van der Waals surface area contributed by atoms with Crippen molar-refractivity contribution in [2.24, 2.45) is 0 Å². The average molecular weight is 346 g/mol. The Hall–Kier alpha value is -1.13. The van der Waals surface area contributed by atoms with Crippen LogP contribution in [0.1, 0.15) is 17.2 Å². The summed E-state index contributed by atoms with van der Waals surface area (Å²) in [4.78, 5) is 0. The van der Waals surface area contributed by atoms with E-state index >= 15 is 0 Å². The number of aliphatic hydroxyl groups excluding tert-OH is 1. The summed E-state index contributed by atoms with van der Waals surface area (Å²) in [6.45, 7) is 0.938. The Morgan fingerprint density at radius 3 is 2.29 bits per heavy atom. The number of hydrogen-bond donors (Lipinski definition) is 1. The summed E-state index contributed by atoms with van der Waals surface area (Å²) in [7, 11) is 0. The number of hydrogen-bond acceptors (Lipinski definition) is 3. The van der Waals surface area contributed by atoms with E-state index in [1.807, 2.05) is 0 Å². The third-order valence-electron chi connectivity index (χ3n) is 3.23. The molecule has 0 saturated carbocycles. The van der Waals surface area contributed by atoms with Gasteiger partial charge in [-0.25, -0.2) is 0 Å². The highest BCUT2D eigenvalue weighted by atomic mass is 35.5. The van der Waals surface area contributed by atoms with E-state index in [4.69, 9.17) is 44.3 Å². The van der Waals surface area contributed by atoms with E-state index in [2.05, 4.69) is 0 Å². The quantitative estimate of drug-likeness (QED) is 0.871. The first-order valence-corrected chi connectivity index (χ1v) is 7.42. The maximum Gasteiger partial charge on any atom is 0.162 e. The summed E-state index contributed by atoms with van der Waals surface area (Å²) >= 11 is 18.3. The van der Waals surface area contributed by atoms with Crippen molar-refractivity contribution in [2.45, 2.75) is 6.10 Å². The molecule has 0 aromatic heterocycles. The lowest BCUT2D eigenvalue weighted by atomic mass is 10.0. The molecule has 2 aromatic rings. The van der Waals surface area contributed by atoms with Crippen LogP contribution in [0.5, 0.6) is 11.5 Å². The summed E-state index contributed by atoms with van der Waals surface area (Å²) in [6.07, 6.45) is -1.00. The molecule has 1 aliphatic rings. The second-order valence-electron chi connectivity index (χ2n) is 4.56. The standard InChI is InChI=1S/C15H11Cl3O3/c16-10-3-1-2-8(14(10)18)15(19)9-6-12-13(7-11(9)17)21-5-4-20-12/h1-3,6-7,15,19H,4-5H2. The van der Waals surface area contributed by atoms with Crippen LogP contribution in [-0.4, -0.2) is 18.3 Å². The largest absolute Gasteiger partial charge is 0.486 e. The maximum absolute atomic E-state index is 10.6. The fourth-order valence-electron chi connectivity index (χ4n) is 2.19. The third-order valence-corrected chi connectivity index (χ3v) is 4.39. The smallest absolute Gasteiger partial charge is 0.162 e. The Morgan fingerprint density at radius 1 is 0.905 bits per heavy atom. The molecule has 0 spiro atoms. The van der Waals surface area contributed by atoms with Crippen LogP contribution >= 0.6 is 34.8 Å². The molecule has 21 heavy (non-hydrogen) atoms. The van der Waals surface area contributed by atoms with Crippen molar-refractivity contribution >= 4 is 34.8 Å². The van der Waals surface area contributed by atoms with Crippen LogP contribution in [0.4, 0.5) is 0 Å². The van der Waals surface area contributed by atoms with E-state index in [1.54, 1.807) is 30.3 Å². The third kappa shape index (κ3) is 2.79. The van der Waals surface area contributed by atoms with E-state index in [0.717, 1.165) is 0 Å². The van der Waals surface area contributed by atoms with Crippen LogP contribution in [0.2, 0.25) is 15.1 Å². The molecule has 0 amide bonds. The summed E-state index contributed by atoms with van der Waals surface area (Å²) in [6, 6.07) is 8.38. The molecule has 0 bridgehead atoms. The van der Waals surface area contributed by atoms with Gasteiger partial charge in [0, 0.05) is 17.2 Å². The van der Waals surface area contributed by atoms with Crippen LogP contribution < -0.4 is 9.47 Å². The fourth-order valence-corrected chi connectivity index (χ4v) is 2.86. The Labute approximate surface area is 137 Å². The summed E-state index contributed by atoms with van der Waals surface area (Å²) in [5.41, 5.74) is 0.979. The molecule has 0 radical (unpaired) electrons. The number of benzene rings is 2. The van der Waals surface area contributed by atoms with Crippen molar-refractivity contribution in [2.75, 3.05) is 13.2 Å². The topological polar surface area (TPSA) is 38.7 Å². The lowest BCUT2D eigenvalue weighted by molar-refractivity contribution is 0.169. The van der Waals surface area contributed by atoms with Gasteiger partial charge in [-0.15, -0.1) is 0 Å². The van der Waals surface area contributed by atoms with Crippen molar-refractivity contribution in [3.8, 4) is 11.5 Å². The molecule has 3 nitrogen and oxygen atoms in total. The molecule has 3 rings (SSSR count). The first kappa shape index (κ1) is 14.8. The Bertz CT molecular complexity index is 688. The van der Waals surface area contributed by atoms with E-state index in [-0.39, 0.29) is 0 Å². The van der Waals surface area contributed by atoms with Gasteiger partial charge in [-0.3, -0.25) is 0 Å². The van der Waals surface area contributed by atoms with Crippen molar-refractivity contribution in [3.05, 3.63) is 56.5 Å². The van der Waals surface area contributed by atoms with Gasteiger partial charge in [0.25, 0.3) is 0 Å². The Balaban J connectivity index is 2.05. The normalized spacial score (nSPS) is 14.9. The lowest BCUT2D eigenvalue weighted by Crippen LogP contribution is -2.16. The molecule has 110 valence electrons. The zero-order chi connectivity index (χ0) is 15.0. The molecule has 0 saturated heterocycles. The van der Waals surface area contributed by atoms with Gasteiger partial charge in [-0.2, -0.15) is 0 Å². The molecule has 0 fully saturated rings. The molecule has 1 unspecified atom stereocenters. The van der Waals surface area contributed by atoms with Crippen LogP contribution in [-0.2, 0) is 0 Å². The number of aliphatic hydroxyl groups is 1. The molecule has 1 atom stereocenters. The fraction of sp³-hybridized carbons (Fsp3) is 0.200. The molecular formula is C15H11Cl3O3. The maximum atomic E-state index is 10.6. The van der Waals surface area contributed by atoms with Crippen molar-refractivity contribution in [1.82, 2.24) is 0 Å². The highest BCUT2D eigenvalue weighted by molar-refractivity contribution is 6.42. The molecule has 2 aromatic carbocycles. The monoisotopic (exact) mass is 344 g/mol. The van der Waals surface area contributed by atoms with E-state index in [9.17, 15) is 5.11 Å². The van der Waals surface area contributed by atoms with Gasteiger partial charge in [0.1, 0.15) is 19.3 Å². The van der Waals surface area contributed by atoms with Gasteiger partial charge < -0.3 is 14.6 Å². The van der Waals surface area contributed by atoms with Crippen LogP contribution in [0.15, 0.2) is 30.3 Å². The molecule has 6 heteroatoms. The minimum atomic E-state index is -1.00. The van der Waals surface area contributed by atoms with Crippen LogP contribution in [0, 0.1) is 0 Å². The minimum Gasteiger partial charge on any atom is -0.486 e.